The smallest absolute Gasteiger partial charge is 0.0178 e. The van der Waals surface area contributed by atoms with Crippen LogP contribution in [0.1, 0.15) is 50.5 Å². The summed E-state index contributed by atoms with van der Waals surface area (Å²) in [6, 6.07) is 8.88. The predicted octanol–water partition coefficient (Wildman–Crippen LogP) is 4.72. The standard InChI is InChI=1S/C16H24BrN/c1-2-10-18-12-16(13-6-3-4-7-13)14-8-5-9-15(17)11-14/h5,8-9,11,13,16,18H,2-4,6-7,10,12H2,1H3. The molecule has 1 nitrogen and oxygen atoms in total. The molecule has 2 rings (SSSR count). The first-order chi connectivity index (χ1) is 8.81. The molecular formula is C16H24BrN. The van der Waals surface area contributed by atoms with Gasteiger partial charge in [0.05, 0.1) is 0 Å². The van der Waals surface area contributed by atoms with Gasteiger partial charge in [-0.3, -0.25) is 0 Å². The van der Waals surface area contributed by atoms with E-state index in [-0.39, 0.29) is 0 Å². The van der Waals surface area contributed by atoms with Gasteiger partial charge in [-0.15, -0.1) is 0 Å². The summed E-state index contributed by atoms with van der Waals surface area (Å²) in [4.78, 5) is 0. The lowest BCUT2D eigenvalue weighted by Crippen LogP contribution is -2.26. The Balaban J connectivity index is 2.07. The number of hydrogen-bond donors (Lipinski definition) is 1. The third-order valence-electron chi connectivity index (χ3n) is 4.04. The number of hydrogen-bond acceptors (Lipinski definition) is 1. The molecule has 0 saturated heterocycles. The topological polar surface area (TPSA) is 12.0 Å². The lowest BCUT2D eigenvalue weighted by Gasteiger charge is -2.24. The number of benzene rings is 1. The maximum absolute atomic E-state index is 3.61. The Morgan fingerprint density at radius 2 is 2.11 bits per heavy atom. The van der Waals surface area contributed by atoms with E-state index in [0.717, 1.165) is 19.0 Å². The summed E-state index contributed by atoms with van der Waals surface area (Å²) < 4.78 is 1.21. The Morgan fingerprint density at radius 3 is 2.78 bits per heavy atom. The van der Waals surface area contributed by atoms with Crippen LogP contribution in [0.4, 0.5) is 0 Å². The van der Waals surface area contributed by atoms with Crippen LogP contribution in [-0.4, -0.2) is 13.1 Å². The molecule has 1 atom stereocenters. The average molecular weight is 310 g/mol. The van der Waals surface area contributed by atoms with E-state index in [1.54, 1.807) is 0 Å². The Kier molecular flexibility index (Phi) is 5.71. The molecule has 18 heavy (non-hydrogen) atoms. The summed E-state index contributed by atoms with van der Waals surface area (Å²) in [5, 5.41) is 3.61. The van der Waals surface area contributed by atoms with Gasteiger partial charge in [0.2, 0.25) is 0 Å². The van der Waals surface area contributed by atoms with Gasteiger partial charge in [0.25, 0.3) is 0 Å². The van der Waals surface area contributed by atoms with Gasteiger partial charge in [0, 0.05) is 11.0 Å². The van der Waals surface area contributed by atoms with Gasteiger partial charge < -0.3 is 5.32 Å². The number of nitrogens with one attached hydrogen (secondary N) is 1. The summed E-state index contributed by atoms with van der Waals surface area (Å²) in [6.45, 7) is 4.50. The quantitative estimate of drug-likeness (QED) is 0.750. The Hall–Kier alpha value is -0.340. The molecule has 1 fully saturated rings. The normalized spacial score (nSPS) is 18.1. The van der Waals surface area contributed by atoms with Gasteiger partial charge in [-0.2, -0.15) is 0 Å². The fourth-order valence-electron chi connectivity index (χ4n) is 3.09. The van der Waals surface area contributed by atoms with Gasteiger partial charge >= 0.3 is 0 Å². The van der Waals surface area contributed by atoms with Crippen molar-refractivity contribution in [3.05, 3.63) is 34.3 Å². The maximum atomic E-state index is 3.61. The molecule has 1 aliphatic carbocycles. The molecule has 1 saturated carbocycles. The third-order valence-corrected chi connectivity index (χ3v) is 4.53. The van der Waals surface area contributed by atoms with Crippen molar-refractivity contribution < 1.29 is 0 Å². The molecule has 0 heterocycles. The van der Waals surface area contributed by atoms with Crippen LogP contribution in [0.2, 0.25) is 0 Å². The fraction of sp³-hybridized carbons (Fsp3) is 0.625. The lowest BCUT2D eigenvalue weighted by atomic mass is 9.85. The maximum Gasteiger partial charge on any atom is 0.0178 e. The van der Waals surface area contributed by atoms with Crippen LogP contribution in [0.3, 0.4) is 0 Å². The van der Waals surface area contributed by atoms with Crippen molar-refractivity contribution in [2.75, 3.05) is 13.1 Å². The monoisotopic (exact) mass is 309 g/mol. The SMILES string of the molecule is CCCNCC(c1cccc(Br)c1)C1CCCC1. The molecule has 100 valence electrons. The number of rotatable bonds is 6. The van der Waals surface area contributed by atoms with Crippen molar-refractivity contribution in [3.63, 3.8) is 0 Å². The average Bonchev–Trinajstić information content (AvgIpc) is 2.88. The minimum Gasteiger partial charge on any atom is -0.316 e. The van der Waals surface area contributed by atoms with Crippen molar-refractivity contribution in [2.24, 2.45) is 5.92 Å². The van der Waals surface area contributed by atoms with Crippen LogP contribution in [0, 0.1) is 5.92 Å². The lowest BCUT2D eigenvalue weighted by molar-refractivity contribution is 0.411. The zero-order valence-electron chi connectivity index (χ0n) is 11.3. The first-order valence-corrected chi connectivity index (χ1v) is 8.06. The third kappa shape index (κ3) is 3.83. The van der Waals surface area contributed by atoms with Crippen LogP contribution in [0.15, 0.2) is 28.7 Å². The van der Waals surface area contributed by atoms with Gasteiger partial charge in [-0.25, -0.2) is 0 Å². The summed E-state index contributed by atoms with van der Waals surface area (Å²) in [7, 11) is 0. The van der Waals surface area contributed by atoms with E-state index >= 15 is 0 Å². The minimum atomic E-state index is 0.691. The zero-order chi connectivity index (χ0) is 12.8. The van der Waals surface area contributed by atoms with E-state index in [4.69, 9.17) is 0 Å². The molecule has 1 N–H and O–H groups in total. The first kappa shape index (κ1) is 14.1. The highest BCUT2D eigenvalue weighted by Gasteiger charge is 2.25. The molecule has 0 aliphatic heterocycles. The second-order valence-electron chi connectivity index (χ2n) is 5.41. The molecule has 0 bridgehead atoms. The van der Waals surface area contributed by atoms with E-state index in [9.17, 15) is 0 Å². The van der Waals surface area contributed by atoms with Crippen molar-refractivity contribution in [1.82, 2.24) is 5.32 Å². The summed E-state index contributed by atoms with van der Waals surface area (Å²) in [5.41, 5.74) is 1.50. The minimum absolute atomic E-state index is 0.691. The molecule has 1 aromatic carbocycles. The highest BCUT2D eigenvalue weighted by atomic mass is 79.9. The number of halogens is 1. The summed E-state index contributed by atoms with van der Waals surface area (Å²) in [5.74, 6) is 1.57. The second-order valence-corrected chi connectivity index (χ2v) is 6.33. The fourth-order valence-corrected chi connectivity index (χ4v) is 3.50. The molecule has 0 radical (unpaired) electrons. The molecule has 0 amide bonds. The van der Waals surface area contributed by atoms with Gasteiger partial charge in [0.1, 0.15) is 0 Å². The Morgan fingerprint density at radius 1 is 1.33 bits per heavy atom. The van der Waals surface area contributed by atoms with Crippen LogP contribution in [0.25, 0.3) is 0 Å². The summed E-state index contributed by atoms with van der Waals surface area (Å²) >= 11 is 3.60. The van der Waals surface area contributed by atoms with E-state index < -0.39 is 0 Å². The Bertz CT molecular complexity index is 358. The largest absolute Gasteiger partial charge is 0.316 e. The van der Waals surface area contributed by atoms with Gasteiger partial charge in [-0.1, -0.05) is 47.8 Å². The molecule has 1 unspecified atom stereocenters. The molecule has 1 aliphatic rings. The van der Waals surface area contributed by atoms with E-state index in [1.165, 1.54) is 42.1 Å². The van der Waals surface area contributed by atoms with Gasteiger partial charge in [0.15, 0.2) is 0 Å². The molecule has 0 aromatic heterocycles. The van der Waals surface area contributed by atoms with Crippen LogP contribution < -0.4 is 5.32 Å². The van der Waals surface area contributed by atoms with Gasteiger partial charge in [-0.05, 0) is 55.3 Å². The molecule has 1 aromatic rings. The van der Waals surface area contributed by atoms with Crippen LogP contribution >= 0.6 is 15.9 Å². The van der Waals surface area contributed by atoms with Crippen LogP contribution in [-0.2, 0) is 0 Å². The van der Waals surface area contributed by atoms with Crippen molar-refractivity contribution in [3.8, 4) is 0 Å². The highest BCUT2D eigenvalue weighted by Crippen LogP contribution is 2.37. The second kappa shape index (κ2) is 7.30. The first-order valence-electron chi connectivity index (χ1n) is 7.27. The Labute approximate surface area is 119 Å². The highest BCUT2D eigenvalue weighted by molar-refractivity contribution is 9.10. The van der Waals surface area contributed by atoms with E-state index in [2.05, 4.69) is 52.4 Å². The molecular weight excluding hydrogens is 286 g/mol. The van der Waals surface area contributed by atoms with Crippen molar-refractivity contribution in [1.29, 1.82) is 0 Å². The van der Waals surface area contributed by atoms with E-state index in [1.807, 2.05) is 0 Å². The van der Waals surface area contributed by atoms with E-state index in [0.29, 0.717) is 5.92 Å². The van der Waals surface area contributed by atoms with Crippen molar-refractivity contribution >= 4 is 15.9 Å². The molecule has 2 heteroatoms. The zero-order valence-corrected chi connectivity index (χ0v) is 12.9. The predicted molar refractivity (Wildman–Crippen MR) is 82.0 cm³/mol. The van der Waals surface area contributed by atoms with Crippen LogP contribution in [0.5, 0.6) is 0 Å². The molecule has 0 spiro atoms. The summed E-state index contributed by atoms with van der Waals surface area (Å²) in [6.07, 6.45) is 6.87. The van der Waals surface area contributed by atoms with Crippen molar-refractivity contribution in [2.45, 2.75) is 44.9 Å².